The topological polar surface area (TPSA) is 84.9 Å². The Labute approximate surface area is 186 Å². The van der Waals surface area contributed by atoms with Gasteiger partial charge in [-0.25, -0.2) is 9.59 Å². The van der Waals surface area contributed by atoms with Gasteiger partial charge in [-0.05, 0) is 74.7 Å². The molecule has 0 bridgehead atoms. The van der Waals surface area contributed by atoms with Crippen molar-refractivity contribution in [2.75, 3.05) is 25.0 Å². The highest BCUT2D eigenvalue weighted by molar-refractivity contribution is 5.96. The molecule has 3 aliphatic heterocycles. The minimum atomic E-state index is -0.304. The Morgan fingerprint density at radius 1 is 1.03 bits per heavy atom. The Bertz CT molecular complexity index is 1100. The van der Waals surface area contributed by atoms with E-state index in [1.165, 1.54) is 5.56 Å². The molecule has 1 fully saturated rings. The summed E-state index contributed by atoms with van der Waals surface area (Å²) in [4.78, 5) is 38.4. The zero-order valence-electron chi connectivity index (χ0n) is 18.1. The maximum Gasteiger partial charge on any atom is 0.338 e. The summed E-state index contributed by atoms with van der Waals surface area (Å²) < 4.78 is 10.2. The molecular weight excluding hydrogens is 408 g/mol. The number of ether oxygens (including phenoxy) is 2. The van der Waals surface area contributed by atoms with Crippen molar-refractivity contribution in [2.24, 2.45) is 5.92 Å². The Balaban J connectivity index is 1.12. The number of hydrogen-bond acceptors (Lipinski definition) is 6. The number of piperidine rings is 1. The van der Waals surface area contributed by atoms with E-state index in [1.54, 1.807) is 12.1 Å². The van der Waals surface area contributed by atoms with Crippen LogP contribution in [0.4, 0.5) is 5.69 Å². The smallest absolute Gasteiger partial charge is 0.338 e. The average Bonchev–Trinajstić information content (AvgIpc) is 3.36. The van der Waals surface area contributed by atoms with Gasteiger partial charge in [0.2, 0.25) is 5.91 Å². The Morgan fingerprint density at radius 3 is 2.56 bits per heavy atom. The zero-order valence-corrected chi connectivity index (χ0v) is 18.1. The van der Waals surface area contributed by atoms with Crippen molar-refractivity contribution in [1.82, 2.24) is 4.90 Å². The summed E-state index contributed by atoms with van der Waals surface area (Å²) in [5, 5.41) is 3.00. The van der Waals surface area contributed by atoms with E-state index in [0.29, 0.717) is 23.4 Å². The van der Waals surface area contributed by atoms with Gasteiger partial charge in [0.05, 0.1) is 11.1 Å². The summed E-state index contributed by atoms with van der Waals surface area (Å²) in [7, 11) is 0. The SMILES string of the molecule is Cc1c(CCN2CCC(C(=O)Nc3ccc4c(c3)COC4=O)CC2)ccc2c1COC2=O. The molecular formula is C25H26N2O5. The molecule has 0 aliphatic carbocycles. The van der Waals surface area contributed by atoms with Crippen LogP contribution in [0.5, 0.6) is 0 Å². The van der Waals surface area contributed by atoms with Crippen molar-refractivity contribution in [2.45, 2.75) is 39.4 Å². The van der Waals surface area contributed by atoms with Crippen LogP contribution < -0.4 is 5.32 Å². The normalized spacial score (nSPS) is 18.2. The Morgan fingerprint density at radius 2 is 1.75 bits per heavy atom. The summed E-state index contributed by atoms with van der Waals surface area (Å²) in [5.41, 5.74) is 6.23. The van der Waals surface area contributed by atoms with Crippen LogP contribution in [0.2, 0.25) is 0 Å². The first-order valence-corrected chi connectivity index (χ1v) is 11.1. The Kier molecular flexibility index (Phi) is 5.43. The monoisotopic (exact) mass is 434 g/mol. The summed E-state index contributed by atoms with van der Waals surface area (Å²) in [6.45, 7) is 5.41. The molecule has 0 unspecified atom stereocenters. The lowest BCUT2D eigenvalue weighted by molar-refractivity contribution is -0.121. The molecule has 1 saturated heterocycles. The van der Waals surface area contributed by atoms with Crippen LogP contribution in [0.3, 0.4) is 0 Å². The third-order valence-electron chi connectivity index (χ3n) is 6.89. The summed E-state index contributed by atoms with van der Waals surface area (Å²) >= 11 is 0. The van der Waals surface area contributed by atoms with Crippen LogP contribution in [0.25, 0.3) is 0 Å². The number of nitrogens with one attached hydrogen (secondary N) is 1. The van der Waals surface area contributed by atoms with Crippen molar-refractivity contribution >= 4 is 23.5 Å². The molecule has 2 aromatic rings. The standard InChI is InChI=1S/C25H26N2O5/c1-15-16(2-4-21-22(15)14-32-25(21)30)6-9-27-10-7-17(8-11-27)23(28)26-19-3-5-20-18(12-19)13-31-24(20)29/h2-5,12,17H,6-11,13-14H2,1H3,(H,26,28). The van der Waals surface area contributed by atoms with Crippen molar-refractivity contribution in [3.63, 3.8) is 0 Å². The number of likely N-dealkylation sites (tertiary alicyclic amines) is 1. The van der Waals surface area contributed by atoms with E-state index in [0.717, 1.165) is 55.6 Å². The first-order valence-electron chi connectivity index (χ1n) is 11.1. The predicted molar refractivity (Wildman–Crippen MR) is 117 cm³/mol. The van der Waals surface area contributed by atoms with Gasteiger partial charge >= 0.3 is 11.9 Å². The average molecular weight is 434 g/mol. The summed E-state index contributed by atoms with van der Waals surface area (Å²) in [6.07, 6.45) is 2.56. The number of cyclic esters (lactones) is 2. The minimum absolute atomic E-state index is 0.0118. The van der Waals surface area contributed by atoms with Gasteiger partial charge in [0.1, 0.15) is 13.2 Å². The number of amides is 1. The number of carbonyl (C=O) groups is 3. The molecule has 5 rings (SSSR count). The predicted octanol–water partition coefficient (Wildman–Crippen LogP) is 3.23. The number of benzene rings is 2. The number of rotatable bonds is 5. The van der Waals surface area contributed by atoms with E-state index in [9.17, 15) is 14.4 Å². The fraction of sp³-hybridized carbons (Fsp3) is 0.400. The van der Waals surface area contributed by atoms with E-state index < -0.39 is 0 Å². The molecule has 32 heavy (non-hydrogen) atoms. The summed E-state index contributed by atoms with van der Waals surface area (Å²) in [6, 6.07) is 9.22. The van der Waals surface area contributed by atoms with Crippen molar-refractivity contribution in [1.29, 1.82) is 0 Å². The van der Waals surface area contributed by atoms with E-state index in [1.807, 2.05) is 18.2 Å². The molecule has 1 N–H and O–H groups in total. The van der Waals surface area contributed by atoms with Crippen LogP contribution in [-0.2, 0) is 33.9 Å². The molecule has 166 valence electrons. The second-order valence-corrected chi connectivity index (χ2v) is 8.76. The molecule has 0 radical (unpaired) electrons. The zero-order chi connectivity index (χ0) is 22.2. The Hall–Kier alpha value is -3.19. The fourth-order valence-electron chi connectivity index (χ4n) is 4.82. The molecule has 2 aromatic carbocycles. The van der Waals surface area contributed by atoms with Crippen molar-refractivity contribution < 1.29 is 23.9 Å². The number of anilines is 1. The lowest BCUT2D eigenvalue weighted by atomic mass is 9.94. The molecule has 1 amide bonds. The third kappa shape index (κ3) is 3.88. The van der Waals surface area contributed by atoms with Crippen LogP contribution >= 0.6 is 0 Å². The molecule has 3 heterocycles. The fourth-order valence-corrected chi connectivity index (χ4v) is 4.82. The first kappa shape index (κ1) is 20.7. The second-order valence-electron chi connectivity index (χ2n) is 8.76. The molecule has 0 saturated carbocycles. The van der Waals surface area contributed by atoms with Gasteiger partial charge in [0.15, 0.2) is 0 Å². The molecule has 0 spiro atoms. The summed E-state index contributed by atoms with van der Waals surface area (Å²) in [5.74, 6) is -0.505. The lowest BCUT2D eigenvalue weighted by Gasteiger charge is -2.31. The third-order valence-corrected chi connectivity index (χ3v) is 6.89. The van der Waals surface area contributed by atoms with Crippen LogP contribution in [-0.4, -0.2) is 42.4 Å². The van der Waals surface area contributed by atoms with Gasteiger partial charge in [0.25, 0.3) is 0 Å². The highest BCUT2D eigenvalue weighted by Crippen LogP contribution is 2.27. The van der Waals surface area contributed by atoms with E-state index in [-0.39, 0.29) is 30.4 Å². The maximum atomic E-state index is 12.7. The van der Waals surface area contributed by atoms with Crippen molar-refractivity contribution in [3.8, 4) is 0 Å². The largest absolute Gasteiger partial charge is 0.457 e. The van der Waals surface area contributed by atoms with Gasteiger partial charge in [-0.15, -0.1) is 0 Å². The number of nitrogens with zero attached hydrogens (tertiary/aromatic N) is 1. The first-order chi connectivity index (χ1) is 15.5. The molecule has 0 atom stereocenters. The number of carbonyl (C=O) groups excluding carboxylic acids is 3. The van der Waals surface area contributed by atoms with Crippen LogP contribution in [0.1, 0.15) is 55.8 Å². The molecule has 7 heteroatoms. The number of fused-ring (bicyclic) bond motifs is 2. The van der Waals surface area contributed by atoms with Crippen LogP contribution in [0.15, 0.2) is 30.3 Å². The maximum absolute atomic E-state index is 12.7. The molecule has 3 aliphatic rings. The van der Waals surface area contributed by atoms with Gasteiger partial charge < -0.3 is 19.7 Å². The van der Waals surface area contributed by atoms with E-state index in [4.69, 9.17) is 9.47 Å². The van der Waals surface area contributed by atoms with Gasteiger partial charge in [-0.1, -0.05) is 6.07 Å². The van der Waals surface area contributed by atoms with E-state index >= 15 is 0 Å². The van der Waals surface area contributed by atoms with Gasteiger partial charge in [0, 0.05) is 29.3 Å². The second kappa shape index (κ2) is 8.39. The van der Waals surface area contributed by atoms with Crippen LogP contribution in [0, 0.1) is 12.8 Å². The highest BCUT2D eigenvalue weighted by atomic mass is 16.5. The molecule has 7 nitrogen and oxygen atoms in total. The minimum Gasteiger partial charge on any atom is -0.457 e. The van der Waals surface area contributed by atoms with Crippen molar-refractivity contribution in [3.05, 3.63) is 63.7 Å². The number of hydrogen-bond donors (Lipinski definition) is 1. The van der Waals surface area contributed by atoms with Gasteiger partial charge in [-0.3, -0.25) is 4.79 Å². The molecule has 0 aromatic heterocycles. The quantitative estimate of drug-likeness (QED) is 0.728. The number of esters is 2. The lowest BCUT2D eigenvalue weighted by Crippen LogP contribution is -2.39. The van der Waals surface area contributed by atoms with Gasteiger partial charge in [-0.2, -0.15) is 0 Å². The van der Waals surface area contributed by atoms with E-state index in [2.05, 4.69) is 17.1 Å². The highest BCUT2D eigenvalue weighted by Gasteiger charge is 2.27.